The summed E-state index contributed by atoms with van der Waals surface area (Å²) in [5, 5.41) is 6.58. The van der Waals surface area contributed by atoms with E-state index >= 15 is 0 Å². The Morgan fingerprint density at radius 1 is 1.21 bits per heavy atom. The van der Waals surface area contributed by atoms with Gasteiger partial charge in [0.2, 0.25) is 0 Å². The van der Waals surface area contributed by atoms with E-state index in [0.717, 1.165) is 5.56 Å². The first-order valence-electron chi connectivity index (χ1n) is 6.13. The topological polar surface area (TPSA) is 61.5 Å². The fourth-order valence-electron chi connectivity index (χ4n) is 1.81. The van der Waals surface area contributed by atoms with Gasteiger partial charge < -0.3 is 0 Å². The van der Waals surface area contributed by atoms with Crippen LogP contribution in [-0.2, 0) is 11.8 Å². The van der Waals surface area contributed by atoms with E-state index in [1.807, 2.05) is 12.1 Å². The van der Waals surface area contributed by atoms with Crippen LogP contribution in [0.1, 0.15) is 37.6 Å². The normalized spacial score (nSPS) is 11.5. The highest BCUT2D eigenvalue weighted by Crippen LogP contribution is 2.22. The van der Waals surface area contributed by atoms with Crippen molar-refractivity contribution < 1.29 is 0 Å². The molecule has 2 N–H and O–H groups in total. The summed E-state index contributed by atoms with van der Waals surface area (Å²) < 4.78 is 0.247. The molecule has 0 unspecified atom stereocenters. The van der Waals surface area contributed by atoms with E-state index < -0.39 is 0 Å². The second-order valence-corrected chi connectivity index (χ2v) is 5.99. The third-order valence-corrected chi connectivity index (χ3v) is 3.17. The zero-order valence-electron chi connectivity index (χ0n) is 11.3. The minimum Gasteiger partial charge on any atom is -0.296 e. The van der Waals surface area contributed by atoms with Crippen LogP contribution < -0.4 is 5.56 Å². The molecule has 4 nitrogen and oxygen atoms in total. The van der Waals surface area contributed by atoms with Gasteiger partial charge in [-0.25, -0.2) is 0 Å². The molecule has 5 heteroatoms. The summed E-state index contributed by atoms with van der Waals surface area (Å²) in [7, 11) is 0. The Kier molecular flexibility index (Phi) is 3.66. The number of hydrogen-bond donors (Lipinski definition) is 2. The van der Waals surface area contributed by atoms with Gasteiger partial charge >= 0.3 is 0 Å². The third-order valence-electron chi connectivity index (χ3n) is 2.97. The van der Waals surface area contributed by atoms with Gasteiger partial charge in [0, 0.05) is 6.42 Å². The van der Waals surface area contributed by atoms with Crippen LogP contribution >= 0.6 is 12.2 Å². The first kappa shape index (κ1) is 13.7. The number of H-pyrrole nitrogens is 2. The van der Waals surface area contributed by atoms with Crippen molar-refractivity contribution in [2.75, 3.05) is 0 Å². The van der Waals surface area contributed by atoms with Crippen LogP contribution in [0.25, 0.3) is 0 Å². The second kappa shape index (κ2) is 5.09. The molecule has 100 valence electrons. The fourth-order valence-corrected chi connectivity index (χ4v) is 1.95. The largest absolute Gasteiger partial charge is 0.296 e. The zero-order chi connectivity index (χ0) is 14.0. The number of hydrogen-bond acceptors (Lipinski definition) is 3. The Bertz CT molecular complexity index is 677. The molecule has 0 spiro atoms. The molecule has 0 bridgehead atoms. The smallest absolute Gasteiger partial charge is 0.273 e. The molecule has 0 aliphatic carbocycles. The molecule has 2 rings (SSSR count). The molecule has 0 aliphatic heterocycles. The molecule has 1 aromatic carbocycles. The van der Waals surface area contributed by atoms with Crippen molar-refractivity contribution in [3.05, 3.63) is 56.2 Å². The summed E-state index contributed by atoms with van der Waals surface area (Å²) >= 11 is 4.81. The number of aromatic amines is 2. The summed E-state index contributed by atoms with van der Waals surface area (Å²) in [5.41, 5.74) is 2.66. The lowest BCUT2D eigenvalue weighted by Crippen LogP contribution is -2.17. The molecule has 0 atom stereocenters. The van der Waals surface area contributed by atoms with Crippen LogP contribution in [-0.4, -0.2) is 15.2 Å². The molecule has 0 saturated carbocycles. The molecule has 0 aliphatic rings. The first-order chi connectivity index (χ1) is 8.86. The van der Waals surface area contributed by atoms with Gasteiger partial charge in [0.25, 0.3) is 5.56 Å². The monoisotopic (exact) mass is 275 g/mol. The summed E-state index contributed by atoms with van der Waals surface area (Å²) in [6.45, 7) is 6.52. The molecule has 19 heavy (non-hydrogen) atoms. The Labute approximate surface area is 116 Å². The maximum atomic E-state index is 11.7. The van der Waals surface area contributed by atoms with Crippen molar-refractivity contribution >= 4 is 12.2 Å². The van der Waals surface area contributed by atoms with Crippen molar-refractivity contribution in [1.29, 1.82) is 0 Å². The van der Waals surface area contributed by atoms with Crippen molar-refractivity contribution in [3.63, 3.8) is 0 Å². The summed E-state index contributed by atoms with van der Waals surface area (Å²) in [4.78, 5) is 14.2. The Morgan fingerprint density at radius 2 is 1.84 bits per heavy atom. The van der Waals surface area contributed by atoms with Crippen LogP contribution in [0.15, 0.2) is 29.1 Å². The van der Waals surface area contributed by atoms with E-state index in [-0.39, 0.29) is 15.7 Å². The number of nitrogens with zero attached hydrogens (tertiary/aromatic N) is 1. The van der Waals surface area contributed by atoms with Gasteiger partial charge in [-0.1, -0.05) is 45.0 Å². The zero-order valence-corrected chi connectivity index (χ0v) is 12.1. The van der Waals surface area contributed by atoms with E-state index in [1.54, 1.807) is 0 Å². The molecule has 1 aromatic heterocycles. The van der Waals surface area contributed by atoms with Crippen LogP contribution in [0.3, 0.4) is 0 Å². The predicted molar refractivity (Wildman–Crippen MR) is 78.0 cm³/mol. The first-order valence-corrected chi connectivity index (χ1v) is 6.54. The van der Waals surface area contributed by atoms with Gasteiger partial charge in [-0.3, -0.25) is 14.9 Å². The van der Waals surface area contributed by atoms with E-state index in [4.69, 9.17) is 12.2 Å². The van der Waals surface area contributed by atoms with Gasteiger partial charge in [-0.15, -0.1) is 0 Å². The highest BCUT2D eigenvalue weighted by atomic mass is 32.1. The lowest BCUT2D eigenvalue weighted by atomic mass is 9.86. The van der Waals surface area contributed by atoms with Crippen LogP contribution in [0.4, 0.5) is 0 Å². The Hall–Kier alpha value is -1.75. The predicted octanol–water partition coefficient (Wildman–Crippen LogP) is 2.72. The maximum absolute atomic E-state index is 11.7. The highest BCUT2D eigenvalue weighted by Gasteiger charge is 2.13. The average Bonchev–Trinajstić information content (AvgIpc) is 2.32. The van der Waals surface area contributed by atoms with Crippen LogP contribution in [0, 0.1) is 4.77 Å². The summed E-state index contributed by atoms with van der Waals surface area (Å²) in [5.74, 6) is 0. The van der Waals surface area contributed by atoms with Crippen LogP contribution in [0.5, 0.6) is 0 Å². The maximum Gasteiger partial charge on any atom is 0.273 e. The lowest BCUT2D eigenvalue weighted by Gasteiger charge is -2.19. The molecular formula is C14H17N3OS. The average molecular weight is 275 g/mol. The fraction of sp³-hybridized carbons (Fsp3) is 0.357. The van der Waals surface area contributed by atoms with Gasteiger partial charge in [0.15, 0.2) is 4.77 Å². The summed E-state index contributed by atoms with van der Waals surface area (Å²) in [6.07, 6.45) is 0.492. The van der Waals surface area contributed by atoms with Crippen LogP contribution in [0.2, 0.25) is 0 Å². The molecule has 0 amide bonds. The number of nitrogens with one attached hydrogen (secondary N) is 2. The third kappa shape index (κ3) is 3.38. The molecular weight excluding hydrogens is 258 g/mol. The SMILES string of the molecule is CC(C)(C)c1ccc(Cc2n[nH]c(=S)[nH]c2=O)cc1. The molecule has 0 fully saturated rings. The number of benzene rings is 1. The Balaban J connectivity index is 2.25. The van der Waals surface area contributed by atoms with Crippen molar-refractivity contribution in [1.82, 2.24) is 15.2 Å². The van der Waals surface area contributed by atoms with Gasteiger partial charge in [0.05, 0.1) is 0 Å². The van der Waals surface area contributed by atoms with Crippen molar-refractivity contribution in [2.24, 2.45) is 0 Å². The lowest BCUT2D eigenvalue weighted by molar-refractivity contribution is 0.590. The van der Waals surface area contributed by atoms with E-state index in [0.29, 0.717) is 12.1 Å². The molecule has 0 saturated heterocycles. The second-order valence-electron chi connectivity index (χ2n) is 5.58. The van der Waals surface area contributed by atoms with Gasteiger partial charge in [-0.2, -0.15) is 5.10 Å². The Morgan fingerprint density at radius 3 is 2.37 bits per heavy atom. The summed E-state index contributed by atoms with van der Waals surface area (Å²) in [6, 6.07) is 8.25. The van der Waals surface area contributed by atoms with Gasteiger partial charge in [0.1, 0.15) is 5.69 Å². The molecule has 2 aromatic rings. The molecule has 1 heterocycles. The van der Waals surface area contributed by atoms with E-state index in [9.17, 15) is 4.79 Å². The molecule has 0 radical (unpaired) electrons. The number of rotatable bonds is 2. The number of aromatic nitrogens is 3. The quantitative estimate of drug-likeness (QED) is 0.828. The minimum atomic E-state index is -0.233. The minimum absolute atomic E-state index is 0.131. The van der Waals surface area contributed by atoms with E-state index in [1.165, 1.54) is 5.56 Å². The van der Waals surface area contributed by atoms with Crippen molar-refractivity contribution in [3.8, 4) is 0 Å². The standard InChI is InChI=1S/C14H17N3OS/c1-14(2,3)10-6-4-9(5-7-10)8-11-12(18)15-13(19)17-16-11/h4-7H,8H2,1-3H3,(H2,15,17,18,19). The van der Waals surface area contributed by atoms with E-state index in [2.05, 4.69) is 48.1 Å². The van der Waals surface area contributed by atoms with Gasteiger partial charge in [-0.05, 0) is 28.8 Å². The highest BCUT2D eigenvalue weighted by molar-refractivity contribution is 7.71. The van der Waals surface area contributed by atoms with Crippen molar-refractivity contribution in [2.45, 2.75) is 32.6 Å².